The Balaban J connectivity index is 1.69. The van der Waals surface area contributed by atoms with Crippen LogP contribution in [0.2, 0.25) is 5.02 Å². The smallest absolute Gasteiger partial charge is 0.243 e. The highest BCUT2D eigenvalue weighted by Gasteiger charge is 2.30. The molecule has 1 fully saturated rings. The lowest BCUT2D eigenvalue weighted by atomic mass is 9.98. The quantitative estimate of drug-likeness (QED) is 0.813. The molecular formula is C18H24ClN3O2S. The Bertz CT molecular complexity index is 868. The maximum Gasteiger partial charge on any atom is 0.243 e. The van der Waals surface area contributed by atoms with Crippen molar-refractivity contribution < 1.29 is 8.42 Å². The normalized spacial score (nSPS) is 17.1. The standard InChI is InChI=1S/C18H24ClN3O2S/c1-13-4-5-17(19)11-18(13)25(23,24)21-8-6-16(7-9-21)12-22-15(3)10-14(2)20-22/h4-5,10-11,16H,6-9,12H2,1-3H3. The van der Waals surface area contributed by atoms with Crippen LogP contribution in [-0.4, -0.2) is 35.6 Å². The van der Waals surface area contributed by atoms with Gasteiger partial charge in [0, 0.05) is 30.4 Å². The van der Waals surface area contributed by atoms with Gasteiger partial charge in [0.15, 0.2) is 0 Å². The number of hydrogen-bond donors (Lipinski definition) is 0. The third-order valence-corrected chi connectivity index (χ3v) is 7.15. The zero-order valence-electron chi connectivity index (χ0n) is 14.9. The van der Waals surface area contributed by atoms with Gasteiger partial charge in [0.05, 0.1) is 10.6 Å². The number of halogens is 1. The summed E-state index contributed by atoms with van der Waals surface area (Å²) in [7, 11) is -3.49. The first kappa shape index (κ1) is 18.4. The van der Waals surface area contributed by atoms with E-state index in [1.807, 2.05) is 11.6 Å². The third kappa shape index (κ3) is 3.91. The van der Waals surface area contributed by atoms with Crippen LogP contribution in [0, 0.1) is 26.7 Å². The molecule has 0 bridgehead atoms. The highest BCUT2D eigenvalue weighted by Crippen LogP contribution is 2.28. The van der Waals surface area contributed by atoms with Crippen molar-refractivity contribution in [3.8, 4) is 0 Å². The van der Waals surface area contributed by atoms with E-state index in [0.717, 1.165) is 36.3 Å². The van der Waals surface area contributed by atoms with Crippen LogP contribution in [0.25, 0.3) is 0 Å². The zero-order chi connectivity index (χ0) is 18.2. The predicted octanol–water partition coefficient (Wildman–Crippen LogP) is 3.56. The van der Waals surface area contributed by atoms with E-state index in [-0.39, 0.29) is 0 Å². The van der Waals surface area contributed by atoms with Crippen molar-refractivity contribution in [1.29, 1.82) is 0 Å². The van der Waals surface area contributed by atoms with Gasteiger partial charge < -0.3 is 0 Å². The monoisotopic (exact) mass is 381 g/mol. The molecule has 0 amide bonds. The van der Waals surface area contributed by atoms with Crippen molar-refractivity contribution in [1.82, 2.24) is 14.1 Å². The van der Waals surface area contributed by atoms with Crippen LogP contribution in [0.3, 0.4) is 0 Å². The second-order valence-electron chi connectivity index (χ2n) is 6.87. The van der Waals surface area contributed by atoms with Crippen molar-refractivity contribution in [3.05, 3.63) is 46.2 Å². The Labute approximate surface area is 154 Å². The second-order valence-corrected chi connectivity index (χ2v) is 9.21. The summed E-state index contributed by atoms with van der Waals surface area (Å²) in [5.41, 5.74) is 2.91. The first-order chi connectivity index (χ1) is 11.8. The van der Waals surface area contributed by atoms with Gasteiger partial charge >= 0.3 is 0 Å². The van der Waals surface area contributed by atoms with Gasteiger partial charge in [-0.2, -0.15) is 9.40 Å². The summed E-state index contributed by atoms with van der Waals surface area (Å²) in [6, 6.07) is 7.09. The van der Waals surface area contributed by atoms with E-state index in [1.54, 1.807) is 29.4 Å². The van der Waals surface area contributed by atoms with Gasteiger partial charge in [0.2, 0.25) is 10.0 Å². The van der Waals surface area contributed by atoms with E-state index in [2.05, 4.69) is 18.1 Å². The third-order valence-electron chi connectivity index (χ3n) is 4.88. The van der Waals surface area contributed by atoms with Crippen LogP contribution in [0.15, 0.2) is 29.2 Å². The van der Waals surface area contributed by atoms with E-state index < -0.39 is 10.0 Å². The van der Waals surface area contributed by atoms with E-state index in [9.17, 15) is 8.42 Å². The summed E-state index contributed by atoms with van der Waals surface area (Å²) in [6.07, 6.45) is 1.69. The molecule has 1 aromatic heterocycles. The van der Waals surface area contributed by atoms with Crippen molar-refractivity contribution in [2.45, 2.75) is 45.1 Å². The highest BCUT2D eigenvalue weighted by molar-refractivity contribution is 7.89. The lowest BCUT2D eigenvalue weighted by molar-refractivity contribution is 0.246. The molecule has 0 unspecified atom stereocenters. The molecule has 5 nitrogen and oxygen atoms in total. The van der Waals surface area contributed by atoms with Gasteiger partial charge in [-0.1, -0.05) is 17.7 Å². The molecule has 0 saturated carbocycles. The topological polar surface area (TPSA) is 55.2 Å². The first-order valence-corrected chi connectivity index (χ1v) is 10.4. The Hall–Kier alpha value is -1.37. The first-order valence-electron chi connectivity index (χ1n) is 8.55. The molecule has 1 saturated heterocycles. The number of sulfonamides is 1. The summed E-state index contributed by atoms with van der Waals surface area (Å²) in [4.78, 5) is 0.317. The van der Waals surface area contributed by atoms with Gasteiger partial charge in [-0.15, -0.1) is 0 Å². The summed E-state index contributed by atoms with van der Waals surface area (Å²) >= 11 is 6.00. The number of benzene rings is 1. The average Bonchev–Trinajstić information content (AvgIpc) is 2.87. The van der Waals surface area contributed by atoms with Crippen molar-refractivity contribution in [2.24, 2.45) is 5.92 Å². The van der Waals surface area contributed by atoms with Gasteiger partial charge in [0.25, 0.3) is 0 Å². The van der Waals surface area contributed by atoms with Crippen LogP contribution >= 0.6 is 11.6 Å². The Morgan fingerprint density at radius 2 is 1.84 bits per heavy atom. The zero-order valence-corrected chi connectivity index (χ0v) is 16.4. The van der Waals surface area contributed by atoms with Crippen LogP contribution in [0.5, 0.6) is 0 Å². The number of piperidine rings is 1. The minimum atomic E-state index is -3.49. The number of aromatic nitrogens is 2. The molecule has 0 N–H and O–H groups in total. The van der Waals surface area contributed by atoms with E-state index in [1.165, 1.54) is 0 Å². The summed E-state index contributed by atoms with van der Waals surface area (Å²) < 4.78 is 29.5. The fourth-order valence-corrected chi connectivity index (χ4v) is 5.38. The molecule has 1 aromatic carbocycles. The summed E-state index contributed by atoms with van der Waals surface area (Å²) in [5, 5.41) is 4.96. The largest absolute Gasteiger partial charge is 0.269 e. The van der Waals surface area contributed by atoms with Crippen LogP contribution < -0.4 is 0 Å². The number of aryl methyl sites for hydroxylation is 3. The van der Waals surface area contributed by atoms with Gasteiger partial charge in [-0.25, -0.2) is 8.42 Å². The molecule has 136 valence electrons. The van der Waals surface area contributed by atoms with Gasteiger partial charge in [-0.3, -0.25) is 4.68 Å². The van der Waals surface area contributed by atoms with Crippen molar-refractivity contribution in [2.75, 3.05) is 13.1 Å². The average molecular weight is 382 g/mol. The van der Waals surface area contributed by atoms with Crippen LogP contribution in [0.1, 0.15) is 29.8 Å². The van der Waals surface area contributed by atoms with Gasteiger partial charge in [0.1, 0.15) is 0 Å². The molecular weight excluding hydrogens is 358 g/mol. The SMILES string of the molecule is Cc1cc(C)n(CC2CCN(S(=O)(=O)c3cc(Cl)ccc3C)CC2)n1. The number of hydrogen-bond acceptors (Lipinski definition) is 3. The lowest BCUT2D eigenvalue weighted by Crippen LogP contribution is -2.39. The number of nitrogens with zero attached hydrogens (tertiary/aromatic N) is 3. The minimum absolute atomic E-state index is 0.317. The molecule has 1 aliphatic rings. The molecule has 3 rings (SSSR count). The second kappa shape index (κ2) is 7.09. The van der Waals surface area contributed by atoms with E-state index in [0.29, 0.717) is 28.9 Å². The fourth-order valence-electron chi connectivity index (χ4n) is 3.43. The molecule has 0 spiro atoms. The molecule has 2 heterocycles. The van der Waals surface area contributed by atoms with E-state index >= 15 is 0 Å². The lowest BCUT2D eigenvalue weighted by Gasteiger charge is -2.31. The molecule has 7 heteroatoms. The maximum absolute atomic E-state index is 12.9. The molecule has 25 heavy (non-hydrogen) atoms. The molecule has 0 radical (unpaired) electrons. The fraction of sp³-hybridized carbons (Fsp3) is 0.500. The Morgan fingerprint density at radius 3 is 2.44 bits per heavy atom. The van der Waals surface area contributed by atoms with Crippen molar-refractivity contribution in [3.63, 3.8) is 0 Å². The Morgan fingerprint density at radius 1 is 1.16 bits per heavy atom. The van der Waals surface area contributed by atoms with Crippen molar-refractivity contribution >= 4 is 21.6 Å². The molecule has 0 aliphatic carbocycles. The van der Waals surface area contributed by atoms with E-state index in [4.69, 9.17) is 11.6 Å². The summed E-state index contributed by atoms with van der Waals surface area (Å²) in [5.74, 6) is 0.449. The number of rotatable bonds is 4. The van der Waals surface area contributed by atoms with Gasteiger partial charge in [-0.05, 0) is 63.3 Å². The predicted molar refractivity (Wildman–Crippen MR) is 99.4 cm³/mol. The highest BCUT2D eigenvalue weighted by atomic mass is 35.5. The maximum atomic E-state index is 12.9. The van der Waals surface area contributed by atoms with Crippen LogP contribution in [0.4, 0.5) is 0 Å². The molecule has 2 aromatic rings. The summed E-state index contributed by atoms with van der Waals surface area (Å²) in [6.45, 7) is 7.78. The minimum Gasteiger partial charge on any atom is -0.269 e. The molecule has 0 atom stereocenters. The molecule has 1 aliphatic heterocycles. The Kier molecular flexibility index (Phi) is 5.23. The van der Waals surface area contributed by atoms with Crippen LogP contribution in [-0.2, 0) is 16.6 Å².